The van der Waals surface area contributed by atoms with Crippen molar-refractivity contribution in [1.29, 1.82) is 0 Å². The molecular weight excluding hydrogens is 496 g/mol. The van der Waals surface area contributed by atoms with Crippen molar-refractivity contribution >= 4 is 43.0 Å². The summed E-state index contributed by atoms with van der Waals surface area (Å²) >= 11 is 7.13. The van der Waals surface area contributed by atoms with E-state index in [9.17, 15) is 0 Å². The molecule has 4 aromatic rings. The smallest absolute Gasteiger partial charge is 0.0283 e. The Morgan fingerprint density at radius 1 is 0.400 bits per heavy atom. The Morgan fingerprint density at radius 3 is 1.00 bits per heavy atom. The van der Waals surface area contributed by atoms with Gasteiger partial charge in [-0.25, -0.2) is 0 Å². The quantitative estimate of drug-likeness (QED) is 0.177. The lowest BCUT2D eigenvalue weighted by atomic mass is 9.85. The van der Waals surface area contributed by atoms with Gasteiger partial charge in [-0.1, -0.05) is 141 Å². The van der Waals surface area contributed by atoms with E-state index in [2.05, 4.69) is 141 Å². The minimum atomic E-state index is 0.858. The van der Waals surface area contributed by atoms with Crippen molar-refractivity contribution in [2.24, 2.45) is 0 Å². The second-order valence-electron chi connectivity index (χ2n) is 7.14. The predicted octanol–water partition coefficient (Wildman–Crippen LogP) is 8.48. The number of alkyl halides is 2. The highest BCUT2D eigenvalue weighted by molar-refractivity contribution is 9.08. The molecule has 0 unspecified atom stereocenters. The lowest BCUT2D eigenvalue weighted by Gasteiger charge is -2.18. The molecule has 0 fully saturated rings. The zero-order valence-corrected chi connectivity index (χ0v) is 19.7. The van der Waals surface area contributed by atoms with Crippen LogP contribution >= 0.6 is 31.9 Å². The molecule has 0 nitrogen and oxygen atoms in total. The molecule has 0 saturated heterocycles. The molecule has 2 heteroatoms. The van der Waals surface area contributed by atoms with Crippen LogP contribution in [-0.4, -0.2) is 0 Å². The fourth-order valence-electron chi connectivity index (χ4n) is 3.64. The molecule has 0 aromatic heterocycles. The second kappa shape index (κ2) is 10.1. The molecule has 0 aliphatic heterocycles. The fraction of sp³-hybridized carbons (Fsp3) is 0.0714. The largest absolute Gasteiger partial charge is 0.0876 e. The van der Waals surface area contributed by atoms with Crippen molar-refractivity contribution in [2.75, 3.05) is 0 Å². The molecule has 0 bridgehead atoms. The van der Waals surface area contributed by atoms with Gasteiger partial charge >= 0.3 is 0 Å². The highest BCUT2D eigenvalue weighted by Crippen LogP contribution is 2.37. The van der Waals surface area contributed by atoms with Crippen LogP contribution in [0.4, 0.5) is 0 Å². The summed E-state index contributed by atoms with van der Waals surface area (Å²) in [5.41, 5.74) is 9.90. The number of halogens is 2. The zero-order valence-electron chi connectivity index (χ0n) is 16.6. The Kier molecular flexibility index (Phi) is 6.99. The Labute approximate surface area is 195 Å². The molecule has 0 saturated carbocycles. The molecule has 0 spiro atoms. The van der Waals surface area contributed by atoms with Gasteiger partial charge in [-0.3, -0.25) is 0 Å². The first kappa shape index (κ1) is 20.8. The monoisotopic (exact) mass is 516 g/mol. The maximum Gasteiger partial charge on any atom is 0.0283 e. The topological polar surface area (TPSA) is 0 Å². The van der Waals surface area contributed by atoms with Crippen LogP contribution in [0.1, 0.15) is 33.4 Å². The number of hydrogen-bond donors (Lipinski definition) is 0. The van der Waals surface area contributed by atoms with Crippen molar-refractivity contribution in [2.45, 2.75) is 10.7 Å². The SMILES string of the molecule is BrCc1ccc(C(=C(c2ccccc2)c2ccccc2)c2ccc(CBr)cc2)cc1. The molecule has 0 N–H and O–H groups in total. The summed E-state index contributed by atoms with van der Waals surface area (Å²) < 4.78 is 0. The highest BCUT2D eigenvalue weighted by Gasteiger charge is 2.16. The molecule has 4 rings (SSSR count). The third-order valence-corrected chi connectivity index (χ3v) is 6.46. The van der Waals surface area contributed by atoms with Gasteiger partial charge in [-0.2, -0.15) is 0 Å². The van der Waals surface area contributed by atoms with Gasteiger partial charge in [0, 0.05) is 10.7 Å². The average Bonchev–Trinajstić information content (AvgIpc) is 2.84. The Hall–Kier alpha value is -2.42. The number of benzene rings is 4. The number of rotatable bonds is 6. The van der Waals surface area contributed by atoms with Crippen molar-refractivity contribution < 1.29 is 0 Å². The Morgan fingerprint density at radius 2 is 0.700 bits per heavy atom. The molecule has 30 heavy (non-hydrogen) atoms. The molecule has 0 heterocycles. The maximum atomic E-state index is 3.57. The average molecular weight is 518 g/mol. The third kappa shape index (κ3) is 4.66. The van der Waals surface area contributed by atoms with E-state index in [4.69, 9.17) is 0 Å². The van der Waals surface area contributed by atoms with E-state index in [1.54, 1.807) is 0 Å². The zero-order chi connectivity index (χ0) is 20.8. The van der Waals surface area contributed by atoms with Crippen LogP contribution < -0.4 is 0 Å². The molecule has 0 atom stereocenters. The minimum Gasteiger partial charge on any atom is -0.0876 e. The summed E-state index contributed by atoms with van der Waals surface area (Å²) in [6, 6.07) is 39.1. The summed E-state index contributed by atoms with van der Waals surface area (Å²) in [6.45, 7) is 0. The predicted molar refractivity (Wildman–Crippen MR) is 136 cm³/mol. The second-order valence-corrected chi connectivity index (χ2v) is 8.26. The minimum absolute atomic E-state index is 0.858. The van der Waals surface area contributed by atoms with Crippen LogP contribution in [0.5, 0.6) is 0 Å². The van der Waals surface area contributed by atoms with E-state index < -0.39 is 0 Å². The molecule has 0 aliphatic rings. The first-order valence-electron chi connectivity index (χ1n) is 9.96. The third-order valence-electron chi connectivity index (χ3n) is 5.17. The van der Waals surface area contributed by atoms with Gasteiger partial charge in [0.2, 0.25) is 0 Å². The van der Waals surface area contributed by atoms with E-state index in [0.29, 0.717) is 0 Å². The van der Waals surface area contributed by atoms with Gasteiger partial charge in [-0.15, -0.1) is 0 Å². The summed E-state index contributed by atoms with van der Waals surface area (Å²) in [5, 5.41) is 1.72. The molecule has 0 amide bonds. The fourth-order valence-corrected chi connectivity index (χ4v) is 4.39. The Bertz CT molecular complexity index is 1020. The number of hydrogen-bond acceptors (Lipinski definition) is 0. The van der Waals surface area contributed by atoms with Crippen LogP contribution in [0.25, 0.3) is 11.1 Å². The van der Waals surface area contributed by atoms with Gasteiger partial charge in [0.15, 0.2) is 0 Å². The van der Waals surface area contributed by atoms with E-state index in [1.165, 1.54) is 44.5 Å². The summed E-state index contributed by atoms with van der Waals surface area (Å²) in [4.78, 5) is 0. The summed E-state index contributed by atoms with van der Waals surface area (Å²) in [7, 11) is 0. The van der Waals surface area contributed by atoms with Crippen molar-refractivity contribution in [1.82, 2.24) is 0 Å². The van der Waals surface area contributed by atoms with Crippen LogP contribution in [0.15, 0.2) is 109 Å². The molecule has 148 valence electrons. The van der Waals surface area contributed by atoms with Gasteiger partial charge in [-0.05, 0) is 44.5 Å². The van der Waals surface area contributed by atoms with Gasteiger partial charge in [0.25, 0.3) is 0 Å². The van der Waals surface area contributed by atoms with Gasteiger partial charge in [0.1, 0.15) is 0 Å². The van der Waals surface area contributed by atoms with Crippen molar-refractivity contribution in [3.8, 4) is 0 Å². The normalized spacial score (nSPS) is 10.6. The lowest BCUT2D eigenvalue weighted by Crippen LogP contribution is -1.98. The van der Waals surface area contributed by atoms with Crippen molar-refractivity contribution in [3.63, 3.8) is 0 Å². The van der Waals surface area contributed by atoms with Gasteiger partial charge < -0.3 is 0 Å². The van der Waals surface area contributed by atoms with E-state index in [1.807, 2.05) is 0 Å². The maximum absolute atomic E-state index is 3.57. The highest BCUT2D eigenvalue weighted by atomic mass is 79.9. The molecular formula is C28H22Br2. The van der Waals surface area contributed by atoms with Crippen LogP contribution in [-0.2, 0) is 10.7 Å². The van der Waals surface area contributed by atoms with Crippen LogP contribution in [0.2, 0.25) is 0 Å². The van der Waals surface area contributed by atoms with Crippen LogP contribution in [0.3, 0.4) is 0 Å². The van der Waals surface area contributed by atoms with Crippen LogP contribution in [0, 0.1) is 0 Å². The first-order valence-corrected chi connectivity index (χ1v) is 12.2. The molecule has 4 aromatic carbocycles. The first-order chi connectivity index (χ1) is 14.8. The van der Waals surface area contributed by atoms with Gasteiger partial charge in [0.05, 0.1) is 0 Å². The molecule has 0 radical (unpaired) electrons. The van der Waals surface area contributed by atoms with E-state index in [-0.39, 0.29) is 0 Å². The van der Waals surface area contributed by atoms with Crippen molar-refractivity contribution in [3.05, 3.63) is 143 Å². The summed E-state index contributed by atoms with van der Waals surface area (Å²) in [5.74, 6) is 0. The lowest BCUT2D eigenvalue weighted by molar-refractivity contribution is 1.40. The Balaban J connectivity index is 2.03. The summed E-state index contributed by atoms with van der Waals surface area (Å²) in [6.07, 6.45) is 0. The van der Waals surface area contributed by atoms with E-state index in [0.717, 1.165) is 10.7 Å². The van der Waals surface area contributed by atoms with E-state index >= 15 is 0 Å². The molecule has 0 aliphatic carbocycles. The standard InChI is InChI=1S/C28H22Br2/c29-19-21-11-15-25(16-12-21)28(26-17-13-22(20-30)14-18-26)27(23-7-3-1-4-8-23)24-9-5-2-6-10-24/h1-18H,19-20H2.